The van der Waals surface area contributed by atoms with Crippen molar-refractivity contribution in [1.82, 2.24) is 10.2 Å². The van der Waals surface area contributed by atoms with Gasteiger partial charge in [0.05, 0.1) is 6.61 Å². The largest absolute Gasteiger partial charge is 0.380 e. The van der Waals surface area contributed by atoms with Crippen LogP contribution in [0, 0.1) is 17.8 Å². The standard InChI is InChI=1S/C17H36N2O/c1-13(2)9-16-10-18-17(15(5)6)11-19(16)7-8-20-12-14(3)4/h13-18H,7-12H2,1-6H3. The zero-order valence-corrected chi connectivity index (χ0v) is 14.5. The van der Waals surface area contributed by atoms with Gasteiger partial charge in [0.25, 0.3) is 0 Å². The Morgan fingerprint density at radius 2 is 1.80 bits per heavy atom. The van der Waals surface area contributed by atoms with Gasteiger partial charge in [-0.1, -0.05) is 41.5 Å². The lowest BCUT2D eigenvalue weighted by Gasteiger charge is -2.42. The third-order valence-electron chi connectivity index (χ3n) is 4.09. The summed E-state index contributed by atoms with van der Waals surface area (Å²) < 4.78 is 5.78. The smallest absolute Gasteiger partial charge is 0.0593 e. The minimum atomic E-state index is 0.628. The second-order valence-corrected chi connectivity index (χ2v) is 7.51. The van der Waals surface area contributed by atoms with E-state index in [4.69, 9.17) is 4.74 Å². The van der Waals surface area contributed by atoms with Crippen LogP contribution < -0.4 is 5.32 Å². The summed E-state index contributed by atoms with van der Waals surface area (Å²) in [4.78, 5) is 2.65. The van der Waals surface area contributed by atoms with Crippen molar-refractivity contribution in [2.45, 2.75) is 60.0 Å². The molecule has 2 unspecified atom stereocenters. The third kappa shape index (κ3) is 6.55. The fourth-order valence-corrected chi connectivity index (χ4v) is 2.88. The first-order valence-electron chi connectivity index (χ1n) is 8.45. The molecule has 1 fully saturated rings. The lowest BCUT2D eigenvalue weighted by atomic mass is 9.95. The highest BCUT2D eigenvalue weighted by Crippen LogP contribution is 2.18. The van der Waals surface area contributed by atoms with Crippen LogP contribution in [-0.4, -0.2) is 49.8 Å². The Bertz CT molecular complexity index is 253. The zero-order valence-electron chi connectivity index (χ0n) is 14.5. The number of piperazine rings is 1. The van der Waals surface area contributed by atoms with Crippen LogP contribution in [0.25, 0.3) is 0 Å². The van der Waals surface area contributed by atoms with Gasteiger partial charge in [0.2, 0.25) is 0 Å². The molecule has 1 aliphatic rings. The van der Waals surface area contributed by atoms with Crippen LogP contribution in [0.1, 0.15) is 48.0 Å². The Kier molecular flexibility index (Phi) is 8.08. The topological polar surface area (TPSA) is 24.5 Å². The molecule has 0 bridgehead atoms. The molecule has 3 nitrogen and oxygen atoms in total. The maximum absolute atomic E-state index is 5.78. The van der Waals surface area contributed by atoms with Crippen LogP contribution in [0.3, 0.4) is 0 Å². The molecular weight excluding hydrogens is 248 g/mol. The lowest BCUT2D eigenvalue weighted by molar-refractivity contribution is 0.0441. The normalized spacial score (nSPS) is 25.1. The molecule has 0 amide bonds. The van der Waals surface area contributed by atoms with Crippen LogP contribution in [0.4, 0.5) is 0 Å². The number of hydrogen-bond donors (Lipinski definition) is 1. The molecule has 0 aromatic heterocycles. The minimum absolute atomic E-state index is 0.628. The highest BCUT2D eigenvalue weighted by atomic mass is 16.5. The van der Waals surface area contributed by atoms with Crippen LogP contribution >= 0.6 is 0 Å². The van der Waals surface area contributed by atoms with Crippen molar-refractivity contribution in [3.05, 3.63) is 0 Å². The van der Waals surface area contributed by atoms with E-state index in [1.54, 1.807) is 0 Å². The number of nitrogens with zero attached hydrogens (tertiary/aromatic N) is 1. The monoisotopic (exact) mass is 284 g/mol. The van der Waals surface area contributed by atoms with Crippen LogP contribution in [0.15, 0.2) is 0 Å². The summed E-state index contributed by atoms with van der Waals surface area (Å²) in [5.41, 5.74) is 0. The first-order chi connectivity index (χ1) is 9.40. The Morgan fingerprint density at radius 1 is 1.10 bits per heavy atom. The summed E-state index contributed by atoms with van der Waals surface area (Å²) in [7, 11) is 0. The molecule has 20 heavy (non-hydrogen) atoms. The highest BCUT2D eigenvalue weighted by Gasteiger charge is 2.29. The molecule has 0 aromatic rings. The van der Waals surface area contributed by atoms with Crippen molar-refractivity contribution in [3.8, 4) is 0 Å². The summed E-state index contributed by atoms with van der Waals surface area (Å²) in [6.45, 7) is 18.8. The average molecular weight is 284 g/mol. The molecule has 0 saturated carbocycles. The second-order valence-electron chi connectivity index (χ2n) is 7.51. The van der Waals surface area contributed by atoms with Gasteiger partial charge < -0.3 is 10.1 Å². The molecule has 120 valence electrons. The fourth-order valence-electron chi connectivity index (χ4n) is 2.88. The third-order valence-corrected chi connectivity index (χ3v) is 4.09. The van der Waals surface area contributed by atoms with E-state index in [-0.39, 0.29) is 0 Å². The molecule has 0 aromatic carbocycles. The molecule has 1 saturated heterocycles. The van der Waals surface area contributed by atoms with Gasteiger partial charge >= 0.3 is 0 Å². The summed E-state index contributed by atoms with van der Waals surface area (Å²) >= 11 is 0. The molecule has 3 heteroatoms. The van der Waals surface area contributed by atoms with Crippen LogP contribution in [0.2, 0.25) is 0 Å². The fraction of sp³-hybridized carbons (Fsp3) is 1.00. The predicted octanol–water partition coefficient (Wildman–Crippen LogP) is 3.00. The molecule has 1 rings (SSSR count). The van der Waals surface area contributed by atoms with Crippen molar-refractivity contribution in [3.63, 3.8) is 0 Å². The van der Waals surface area contributed by atoms with Crippen LogP contribution in [0.5, 0.6) is 0 Å². The highest BCUT2D eigenvalue weighted by molar-refractivity contribution is 4.87. The van der Waals surface area contributed by atoms with E-state index in [1.807, 2.05) is 0 Å². The van der Waals surface area contributed by atoms with Crippen LogP contribution in [-0.2, 0) is 4.74 Å². The second kappa shape index (κ2) is 9.01. The van der Waals surface area contributed by atoms with E-state index in [0.717, 1.165) is 32.2 Å². The predicted molar refractivity (Wildman–Crippen MR) is 87.1 cm³/mol. The minimum Gasteiger partial charge on any atom is -0.380 e. The molecule has 1 aliphatic heterocycles. The first-order valence-corrected chi connectivity index (χ1v) is 8.45. The van der Waals surface area contributed by atoms with Gasteiger partial charge in [-0.05, 0) is 24.2 Å². The van der Waals surface area contributed by atoms with Gasteiger partial charge in [-0.3, -0.25) is 4.90 Å². The maximum atomic E-state index is 5.78. The van der Waals surface area contributed by atoms with E-state index >= 15 is 0 Å². The summed E-state index contributed by atoms with van der Waals surface area (Å²) in [5.74, 6) is 2.10. The van der Waals surface area contributed by atoms with Gasteiger partial charge in [0, 0.05) is 38.3 Å². The molecule has 1 heterocycles. The summed E-state index contributed by atoms with van der Waals surface area (Å²) in [5, 5.41) is 3.73. The van der Waals surface area contributed by atoms with Crippen molar-refractivity contribution in [2.24, 2.45) is 17.8 Å². The number of rotatable bonds is 8. The van der Waals surface area contributed by atoms with E-state index in [2.05, 4.69) is 51.8 Å². The Morgan fingerprint density at radius 3 is 2.35 bits per heavy atom. The number of ether oxygens (including phenoxy) is 1. The molecule has 2 atom stereocenters. The molecular formula is C17H36N2O. The quantitative estimate of drug-likeness (QED) is 0.694. The summed E-state index contributed by atoms with van der Waals surface area (Å²) in [6.07, 6.45) is 1.28. The van der Waals surface area contributed by atoms with Crippen molar-refractivity contribution < 1.29 is 4.74 Å². The Balaban J connectivity index is 2.44. The summed E-state index contributed by atoms with van der Waals surface area (Å²) in [6, 6.07) is 1.30. The van der Waals surface area contributed by atoms with Crippen molar-refractivity contribution in [2.75, 3.05) is 32.8 Å². The molecule has 1 N–H and O–H groups in total. The maximum Gasteiger partial charge on any atom is 0.0593 e. The van der Waals surface area contributed by atoms with Crippen molar-refractivity contribution >= 4 is 0 Å². The van der Waals surface area contributed by atoms with Gasteiger partial charge in [-0.25, -0.2) is 0 Å². The first kappa shape index (κ1) is 17.9. The molecule has 0 radical (unpaired) electrons. The molecule has 0 spiro atoms. The Labute approximate surface area is 126 Å². The van der Waals surface area contributed by atoms with E-state index in [1.165, 1.54) is 13.0 Å². The van der Waals surface area contributed by atoms with E-state index in [9.17, 15) is 0 Å². The van der Waals surface area contributed by atoms with Crippen molar-refractivity contribution in [1.29, 1.82) is 0 Å². The van der Waals surface area contributed by atoms with E-state index in [0.29, 0.717) is 23.9 Å². The van der Waals surface area contributed by atoms with Gasteiger partial charge in [-0.2, -0.15) is 0 Å². The van der Waals surface area contributed by atoms with E-state index < -0.39 is 0 Å². The average Bonchev–Trinajstić information content (AvgIpc) is 2.35. The van der Waals surface area contributed by atoms with Gasteiger partial charge in [0.1, 0.15) is 0 Å². The van der Waals surface area contributed by atoms with Gasteiger partial charge in [-0.15, -0.1) is 0 Å². The number of nitrogens with one attached hydrogen (secondary N) is 1. The zero-order chi connectivity index (χ0) is 15.1. The Hall–Kier alpha value is -0.120. The van der Waals surface area contributed by atoms with Gasteiger partial charge in [0.15, 0.2) is 0 Å². The lowest BCUT2D eigenvalue weighted by Crippen LogP contribution is -2.58. The molecule has 0 aliphatic carbocycles. The number of hydrogen-bond acceptors (Lipinski definition) is 3. The SMILES string of the molecule is CC(C)COCCN1CC(C(C)C)NCC1CC(C)C.